The van der Waals surface area contributed by atoms with Crippen LogP contribution in [0.3, 0.4) is 0 Å². The van der Waals surface area contributed by atoms with Crippen LogP contribution in [0.15, 0.2) is 48.5 Å². The van der Waals surface area contributed by atoms with Gasteiger partial charge in [-0.15, -0.1) is 0 Å². The Morgan fingerprint density at radius 3 is 2.51 bits per heavy atom. The standard InChI is InChI=1S/C34H47N3O2/c1-24-15-16-30(29(19-24)22-36(4)25(2)38)34(3)23-35-21-31(34)33(39)37-18-17-28(26-11-7-5-8-12-26)20-32(37)27-13-9-6-10-14-27/h5,7-8,11-12,15-16,19,27-28,31-32,35H,6,9-10,13-14,17-18,20-23H2,1-4H3. The molecule has 2 heterocycles. The van der Waals surface area contributed by atoms with Crippen LogP contribution in [0.4, 0.5) is 0 Å². The van der Waals surface area contributed by atoms with E-state index in [-0.39, 0.29) is 17.2 Å². The topological polar surface area (TPSA) is 52.7 Å². The zero-order valence-electron chi connectivity index (χ0n) is 24.4. The lowest BCUT2D eigenvalue weighted by atomic mass is 9.70. The number of likely N-dealkylation sites (tertiary alicyclic amines) is 1. The SMILES string of the molecule is CC(=O)N(C)Cc1cc(C)ccc1C1(C)CNCC1C(=O)N1CCC(c2ccccc2)CC1C1CCCCC1. The van der Waals surface area contributed by atoms with Gasteiger partial charge in [0.2, 0.25) is 11.8 Å². The van der Waals surface area contributed by atoms with E-state index in [1.54, 1.807) is 11.8 Å². The van der Waals surface area contributed by atoms with Crippen molar-refractivity contribution in [1.82, 2.24) is 15.1 Å². The monoisotopic (exact) mass is 529 g/mol. The van der Waals surface area contributed by atoms with Gasteiger partial charge >= 0.3 is 0 Å². The van der Waals surface area contributed by atoms with Crippen LogP contribution in [0.2, 0.25) is 0 Å². The lowest BCUT2D eigenvalue weighted by Crippen LogP contribution is -2.54. The molecule has 1 aliphatic carbocycles. The van der Waals surface area contributed by atoms with Gasteiger partial charge in [-0.2, -0.15) is 0 Å². The predicted octanol–water partition coefficient (Wildman–Crippen LogP) is 5.81. The van der Waals surface area contributed by atoms with Crippen molar-refractivity contribution in [2.24, 2.45) is 11.8 Å². The van der Waals surface area contributed by atoms with Crippen molar-refractivity contribution in [1.29, 1.82) is 0 Å². The van der Waals surface area contributed by atoms with Crippen LogP contribution in [-0.2, 0) is 21.5 Å². The minimum absolute atomic E-state index is 0.0568. The van der Waals surface area contributed by atoms with Gasteiger partial charge in [0.15, 0.2) is 0 Å². The van der Waals surface area contributed by atoms with E-state index in [0.717, 1.165) is 31.5 Å². The van der Waals surface area contributed by atoms with Crippen LogP contribution in [0.1, 0.15) is 87.0 Å². The summed E-state index contributed by atoms with van der Waals surface area (Å²) in [6, 6.07) is 17.9. The number of nitrogens with one attached hydrogen (secondary N) is 1. The zero-order valence-corrected chi connectivity index (χ0v) is 24.4. The maximum Gasteiger partial charge on any atom is 0.228 e. The second-order valence-electron chi connectivity index (χ2n) is 12.8. The van der Waals surface area contributed by atoms with Crippen molar-refractivity contribution in [3.05, 3.63) is 70.8 Å². The number of benzene rings is 2. The molecule has 2 aromatic carbocycles. The van der Waals surface area contributed by atoms with Gasteiger partial charge in [0.25, 0.3) is 0 Å². The summed E-state index contributed by atoms with van der Waals surface area (Å²) in [4.78, 5) is 30.8. The number of carbonyl (C=O) groups excluding carboxylic acids is 2. The summed E-state index contributed by atoms with van der Waals surface area (Å²) in [7, 11) is 1.86. The fourth-order valence-corrected chi connectivity index (χ4v) is 7.71. The Morgan fingerprint density at radius 2 is 1.79 bits per heavy atom. The van der Waals surface area contributed by atoms with E-state index in [4.69, 9.17) is 0 Å². The van der Waals surface area contributed by atoms with E-state index < -0.39 is 0 Å². The average molecular weight is 530 g/mol. The first-order valence-electron chi connectivity index (χ1n) is 15.2. The number of aryl methyl sites for hydroxylation is 1. The molecule has 210 valence electrons. The van der Waals surface area contributed by atoms with Crippen molar-refractivity contribution in [2.45, 2.75) is 89.6 Å². The maximum atomic E-state index is 14.6. The Morgan fingerprint density at radius 1 is 1.05 bits per heavy atom. The molecule has 1 saturated carbocycles. The fourth-order valence-electron chi connectivity index (χ4n) is 7.71. The molecule has 5 nitrogen and oxygen atoms in total. The lowest BCUT2D eigenvalue weighted by Gasteiger charge is -2.47. The first-order valence-corrected chi connectivity index (χ1v) is 15.2. The molecule has 5 heteroatoms. The van der Waals surface area contributed by atoms with Gasteiger partial charge in [-0.1, -0.05) is 80.3 Å². The molecule has 5 rings (SSSR count). The number of carbonyl (C=O) groups is 2. The molecular weight excluding hydrogens is 482 g/mol. The number of rotatable bonds is 6. The molecule has 0 aromatic heterocycles. The third-order valence-electron chi connectivity index (χ3n) is 10.1. The minimum atomic E-state index is -0.314. The maximum absolute atomic E-state index is 14.6. The van der Waals surface area contributed by atoms with Gasteiger partial charge < -0.3 is 15.1 Å². The smallest absolute Gasteiger partial charge is 0.228 e. The predicted molar refractivity (Wildman–Crippen MR) is 158 cm³/mol. The summed E-state index contributed by atoms with van der Waals surface area (Å²) in [6.45, 7) is 8.88. The van der Waals surface area contributed by atoms with Crippen molar-refractivity contribution in [3.8, 4) is 0 Å². The van der Waals surface area contributed by atoms with Gasteiger partial charge in [0, 0.05) is 51.6 Å². The molecule has 2 saturated heterocycles. The Labute approximate surface area is 235 Å². The third kappa shape index (κ3) is 5.79. The van der Waals surface area contributed by atoms with Crippen LogP contribution < -0.4 is 5.32 Å². The summed E-state index contributed by atoms with van der Waals surface area (Å²) in [5.74, 6) is 1.41. The molecule has 2 amide bonds. The molecule has 2 aliphatic heterocycles. The first kappa shape index (κ1) is 27.9. The van der Waals surface area contributed by atoms with Gasteiger partial charge in [-0.25, -0.2) is 0 Å². The Bertz CT molecular complexity index is 1160. The molecule has 4 unspecified atom stereocenters. The van der Waals surface area contributed by atoms with Gasteiger partial charge in [0.05, 0.1) is 5.92 Å². The van der Waals surface area contributed by atoms with Gasteiger partial charge in [-0.3, -0.25) is 9.59 Å². The van der Waals surface area contributed by atoms with Crippen LogP contribution in [0, 0.1) is 18.8 Å². The van der Waals surface area contributed by atoms with Crippen LogP contribution >= 0.6 is 0 Å². The highest BCUT2D eigenvalue weighted by molar-refractivity contribution is 5.82. The van der Waals surface area contributed by atoms with E-state index in [1.807, 2.05) is 7.05 Å². The van der Waals surface area contributed by atoms with E-state index in [9.17, 15) is 9.59 Å². The minimum Gasteiger partial charge on any atom is -0.342 e. The second kappa shape index (κ2) is 11.8. The summed E-state index contributed by atoms with van der Waals surface area (Å²) < 4.78 is 0. The van der Waals surface area contributed by atoms with Crippen LogP contribution in [-0.4, -0.2) is 54.3 Å². The first-order chi connectivity index (χ1) is 18.8. The van der Waals surface area contributed by atoms with Crippen molar-refractivity contribution < 1.29 is 9.59 Å². The quantitative estimate of drug-likeness (QED) is 0.514. The molecule has 0 spiro atoms. The number of hydrogen-bond acceptors (Lipinski definition) is 3. The van der Waals surface area contributed by atoms with E-state index in [0.29, 0.717) is 36.9 Å². The summed E-state index contributed by atoms with van der Waals surface area (Å²) in [6.07, 6.45) is 8.52. The molecule has 4 atom stereocenters. The molecular formula is C34H47N3O2. The Hall–Kier alpha value is -2.66. The highest BCUT2D eigenvalue weighted by Crippen LogP contribution is 2.43. The molecule has 3 aliphatic rings. The van der Waals surface area contributed by atoms with Crippen molar-refractivity contribution in [3.63, 3.8) is 0 Å². The summed E-state index contributed by atoms with van der Waals surface area (Å²) >= 11 is 0. The summed E-state index contributed by atoms with van der Waals surface area (Å²) in [5, 5.41) is 3.60. The number of hydrogen-bond donors (Lipinski definition) is 1. The highest BCUT2D eigenvalue weighted by Gasteiger charge is 2.49. The number of amides is 2. The largest absolute Gasteiger partial charge is 0.342 e. The van der Waals surface area contributed by atoms with Gasteiger partial charge in [-0.05, 0) is 61.1 Å². The molecule has 0 bridgehead atoms. The number of nitrogens with zero attached hydrogens (tertiary/aromatic N) is 2. The fraction of sp³-hybridized carbons (Fsp3) is 0.588. The third-order valence-corrected chi connectivity index (χ3v) is 10.1. The van der Waals surface area contributed by atoms with Crippen LogP contribution in [0.25, 0.3) is 0 Å². The van der Waals surface area contributed by atoms with Gasteiger partial charge in [0.1, 0.15) is 0 Å². The molecule has 0 radical (unpaired) electrons. The molecule has 1 N–H and O–H groups in total. The molecule has 39 heavy (non-hydrogen) atoms. The Balaban J connectivity index is 1.44. The van der Waals surface area contributed by atoms with Crippen molar-refractivity contribution in [2.75, 3.05) is 26.7 Å². The summed E-state index contributed by atoms with van der Waals surface area (Å²) in [5.41, 5.74) is 4.66. The zero-order chi connectivity index (χ0) is 27.6. The average Bonchev–Trinajstić information content (AvgIpc) is 3.35. The molecule has 2 aromatic rings. The highest BCUT2D eigenvalue weighted by atomic mass is 16.2. The molecule has 3 fully saturated rings. The Kier molecular flexibility index (Phi) is 8.46. The normalized spacial score (nSPS) is 27.9. The van der Waals surface area contributed by atoms with Crippen LogP contribution in [0.5, 0.6) is 0 Å². The van der Waals surface area contributed by atoms with E-state index in [2.05, 4.69) is 72.6 Å². The van der Waals surface area contributed by atoms with E-state index in [1.165, 1.54) is 48.8 Å². The van der Waals surface area contributed by atoms with E-state index >= 15 is 0 Å². The number of piperidine rings is 1. The lowest BCUT2D eigenvalue weighted by molar-refractivity contribution is -0.142. The van der Waals surface area contributed by atoms with Crippen molar-refractivity contribution >= 4 is 11.8 Å². The second-order valence-corrected chi connectivity index (χ2v) is 12.8.